The number of esters is 2. The van der Waals surface area contributed by atoms with Gasteiger partial charge in [-0.05, 0) is 38.5 Å². The minimum atomic E-state index is -1.60. The highest BCUT2D eigenvalue weighted by Crippen LogP contribution is 2.23. The lowest BCUT2D eigenvalue weighted by atomic mass is 9.99. The van der Waals surface area contributed by atoms with Crippen molar-refractivity contribution in [2.24, 2.45) is 0 Å². The van der Waals surface area contributed by atoms with Gasteiger partial charge in [-0.3, -0.25) is 9.59 Å². The van der Waals surface area contributed by atoms with E-state index in [0.29, 0.717) is 6.42 Å². The number of carbonyl (C=O) groups is 2. The van der Waals surface area contributed by atoms with Gasteiger partial charge >= 0.3 is 11.9 Å². The lowest BCUT2D eigenvalue weighted by Crippen LogP contribution is -2.59. The maximum Gasteiger partial charge on any atom is 0.306 e. The van der Waals surface area contributed by atoms with Crippen molar-refractivity contribution < 1.29 is 49.0 Å². The van der Waals surface area contributed by atoms with E-state index < -0.39 is 49.4 Å². The Morgan fingerprint density at radius 1 is 0.525 bits per heavy atom. The van der Waals surface area contributed by atoms with Crippen LogP contribution in [0.15, 0.2) is 24.3 Å². The second kappa shape index (κ2) is 40.3. The average Bonchev–Trinajstić information content (AvgIpc) is 3.23. The lowest BCUT2D eigenvalue weighted by molar-refractivity contribution is -0.305. The molecule has 0 saturated carbocycles. The van der Waals surface area contributed by atoms with E-state index in [9.17, 15) is 30.0 Å². The van der Waals surface area contributed by atoms with Crippen LogP contribution in [-0.4, -0.2) is 89.0 Å². The van der Waals surface area contributed by atoms with Gasteiger partial charge < -0.3 is 39.4 Å². The average molecular weight is 839 g/mol. The summed E-state index contributed by atoms with van der Waals surface area (Å²) in [5.74, 6) is -0.814. The Balaban J connectivity index is 2.28. The molecule has 10 nitrogen and oxygen atoms in total. The van der Waals surface area contributed by atoms with E-state index in [4.69, 9.17) is 18.9 Å². The van der Waals surface area contributed by atoms with Gasteiger partial charge in [0.05, 0.1) is 13.2 Å². The van der Waals surface area contributed by atoms with E-state index in [0.717, 1.165) is 57.8 Å². The maximum atomic E-state index is 12.8. The van der Waals surface area contributed by atoms with Crippen molar-refractivity contribution in [3.8, 4) is 0 Å². The van der Waals surface area contributed by atoms with E-state index in [1.54, 1.807) is 0 Å². The standard InChI is InChI=1S/C49H90O10/c1-3-5-7-9-11-13-15-17-19-20-21-22-24-25-27-29-31-33-35-37-44(51)56-40-42(41-57-49-48(55)47(54)46(53)43(39-50)59-49)58-45(52)38-36-34-32-30-28-26-23-18-16-14-12-10-8-6-4-2/h14,16,18,23,42-43,46-50,53-55H,3-13,15,17,19-22,24-41H2,1-2H3/b16-14+,23-18+/t42-,43-,46+,47?,48?,49-/m0/s1. The third kappa shape index (κ3) is 31.7. The minimum Gasteiger partial charge on any atom is -0.462 e. The number of ether oxygens (including phenoxy) is 4. The summed E-state index contributed by atoms with van der Waals surface area (Å²) in [6.07, 6.45) is 37.5. The summed E-state index contributed by atoms with van der Waals surface area (Å²) in [5, 5.41) is 40.1. The van der Waals surface area contributed by atoms with Gasteiger partial charge in [0.1, 0.15) is 31.0 Å². The molecule has 0 radical (unpaired) electrons. The molecule has 59 heavy (non-hydrogen) atoms. The van der Waals surface area contributed by atoms with Crippen molar-refractivity contribution in [2.45, 2.75) is 256 Å². The van der Waals surface area contributed by atoms with Crippen LogP contribution in [0.2, 0.25) is 0 Å². The van der Waals surface area contributed by atoms with Crippen molar-refractivity contribution in [3.05, 3.63) is 24.3 Å². The number of unbranched alkanes of at least 4 members (excludes halogenated alkanes) is 27. The molecule has 1 aliphatic heterocycles. The Morgan fingerprint density at radius 3 is 1.39 bits per heavy atom. The van der Waals surface area contributed by atoms with Crippen molar-refractivity contribution in [1.82, 2.24) is 0 Å². The molecule has 0 aromatic heterocycles. The smallest absolute Gasteiger partial charge is 0.306 e. The van der Waals surface area contributed by atoms with Crippen LogP contribution < -0.4 is 0 Å². The highest BCUT2D eigenvalue weighted by Gasteiger charge is 2.44. The molecular weight excluding hydrogens is 749 g/mol. The Morgan fingerprint density at radius 2 is 0.932 bits per heavy atom. The minimum absolute atomic E-state index is 0.215. The van der Waals surface area contributed by atoms with Crippen LogP contribution in [0.5, 0.6) is 0 Å². The van der Waals surface area contributed by atoms with Crippen molar-refractivity contribution >= 4 is 11.9 Å². The summed E-state index contributed by atoms with van der Waals surface area (Å²) in [6, 6.07) is 0. The molecule has 4 N–H and O–H groups in total. The third-order valence-electron chi connectivity index (χ3n) is 11.4. The summed E-state index contributed by atoms with van der Waals surface area (Å²) in [4.78, 5) is 25.4. The molecule has 346 valence electrons. The first-order valence-electron chi connectivity index (χ1n) is 24.4. The zero-order chi connectivity index (χ0) is 43.0. The van der Waals surface area contributed by atoms with E-state index in [2.05, 4.69) is 38.2 Å². The number of hydrogen-bond donors (Lipinski definition) is 4. The quantitative estimate of drug-likeness (QED) is 0.0266. The summed E-state index contributed by atoms with van der Waals surface area (Å²) in [5.41, 5.74) is 0. The van der Waals surface area contributed by atoms with E-state index >= 15 is 0 Å². The topological polar surface area (TPSA) is 152 Å². The molecule has 0 aromatic carbocycles. The van der Waals surface area contributed by atoms with Crippen molar-refractivity contribution in [1.29, 1.82) is 0 Å². The summed E-state index contributed by atoms with van der Waals surface area (Å²) >= 11 is 0. The van der Waals surface area contributed by atoms with Gasteiger partial charge in [-0.2, -0.15) is 0 Å². The highest BCUT2D eigenvalue weighted by molar-refractivity contribution is 5.70. The first-order chi connectivity index (χ1) is 28.8. The van der Waals surface area contributed by atoms with Crippen LogP contribution in [0.1, 0.15) is 219 Å². The fourth-order valence-electron chi connectivity index (χ4n) is 7.47. The predicted octanol–water partition coefficient (Wildman–Crippen LogP) is 10.9. The molecule has 1 fully saturated rings. The zero-order valence-electron chi connectivity index (χ0n) is 37.8. The first kappa shape index (κ1) is 55.2. The summed E-state index contributed by atoms with van der Waals surface area (Å²) in [6.45, 7) is 3.41. The van der Waals surface area contributed by atoms with Gasteiger partial charge in [-0.25, -0.2) is 0 Å². The van der Waals surface area contributed by atoms with E-state index in [1.165, 1.54) is 128 Å². The van der Waals surface area contributed by atoms with Crippen molar-refractivity contribution in [3.63, 3.8) is 0 Å². The van der Waals surface area contributed by atoms with Crippen molar-refractivity contribution in [2.75, 3.05) is 19.8 Å². The predicted molar refractivity (Wildman–Crippen MR) is 238 cm³/mol. The number of aliphatic hydroxyl groups is 4. The van der Waals surface area contributed by atoms with Gasteiger partial charge in [0.25, 0.3) is 0 Å². The molecule has 1 heterocycles. The number of allylic oxidation sites excluding steroid dienone is 4. The molecule has 10 heteroatoms. The summed E-state index contributed by atoms with van der Waals surface area (Å²) in [7, 11) is 0. The molecule has 1 saturated heterocycles. The molecule has 6 atom stereocenters. The van der Waals surface area contributed by atoms with Gasteiger partial charge in [-0.1, -0.05) is 192 Å². The Bertz CT molecular complexity index is 1020. The molecule has 1 rings (SSSR count). The Labute approximate surface area is 360 Å². The van der Waals surface area contributed by atoms with Gasteiger partial charge in [0, 0.05) is 12.8 Å². The summed E-state index contributed by atoms with van der Waals surface area (Å²) < 4.78 is 22.2. The third-order valence-corrected chi connectivity index (χ3v) is 11.4. The van der Waals surface area contributed by atoms with Gasteiger partial charge in [-0.15, -0.1) is 0 Å². The maximum absolute atomic E-state index is 12.8. The fourth-order valence-corrected chi connectivity index (χ4v) is 7.47. The normalized spacial score (nSPS) is 20.1. The molecule has 0 aliphatic carbocycles. The van der Waals surface area contributed by atoms with E-state index in [-0.39, 0.29) is 32.0 Å². The van der Waals surface area contributed by atoms with Crippen LogP contribution in [0.25, 0.3) is 0 Å². The fraction of sp³-hybridized carbons (Fsp3) is 0.878. The molecule has 2 unspecified atom stereocenters. The highest BCUT2D eigenvalue weighted by atomic mass is 16.7. The molecule has 0 bridgehead atoms. The SMILES string of the molecule is CCCCCC/C=C/C=C/CCCCCCCC(=O)O[C@@H](COC(=O)CCCCCCCCCCCCCCCCCCCCC)CO[C@H]1O[C@@H](CO)[C@@H](O)C(O)C1O. The second-order valence-corrected chi connectivity index (χ2v) is 17.0. The van der Waals surface area contributed by atoms with Gasteiger partial charge in [0.2, 0.25) is 0 Å². The molecular formula is C49H90O10. The number of hydrogen-bond acceptors (Lipinski definition) is 10. The largest absolute Gasteiger partial charge is 0.462 e. The Hall–Kier alpha value is -1.82. The molecule has 0 amide bonds. The van der Waals surface area contributed by atoms with Gasteiger partial charge in [0.15, 0.2) is 12.4 Å². The molecule has 0 spiro atoms. The van der Waals surface area contributed by atoms with Crippen LogP contribution in [0, 0.1) is 0 Å². The zero-order valence-corrected chi connectivity index (χ0v) is 37.8. The number of rotatable bonds is 41. The first-order valence-corrected chi connectivity index (χ1v) is 24.4. The lowest BCUT2D eigenvalue weighted by Gasteiger charge is -2.39. The Kier molecular flexibility index (Phi) is 37.7. The van der Waals surface area contributed by atoms with Crippen LogP contribution in [0.4, 0.5) is 0 Å². The van der Waals surface area contributed by atoms with E-state index in [1.807, 2.05) is 0 Å². The van der Waals surface area contributed by atoms with Crippen LogP contribution in [0.3, 0.4) is 0 Å². The van der Waals surface area contributed by atoms with Crippen LogP contribution in [-0.2, 0) is 28.5 Å². The van der Waals surface area contributed by atoms with Crippen LogP contribution >= 0.6 is 0 Å². The molecule has 0 aromatic rings. The molecule has 1 aliphatic rings. The number of aliphatic hydroxyl groups excluding tert-OH is 4. The number of carbonyl (C=O) groups excluding carboxylic acids is 2. The monoisotopic (exact) mass is 839 g/mol. The second-order valence-electron chi connectivity index (χ2n) is 17.0.